The van der Waals surface area contributed by atoms with Gasteiger partial charge < -0.3 is 15.0 Å². The van der Waals surface area contributed by atoms with E-state index in [4.69, 9.17) is 0 Å². The van der Waals surface area contributed by atoms with Crippen molar-refractivity contribution in [3.63, 3.8) is 0 Å². The fraction of sp³-hybridized carbons (Fsp3) is 0.258. The van der Waals surface area contributed by atoms with Gasteiger partial charge in [0, 0.05) is 23.4 Å². The number of anilines is 1. The van der Waals surface area contributed by atoms with Crippen molar-refractivity contribution in [3.8, 4) is 22.8 Å². The number of ether oxygens (including phenoxy) is 1. The molecule has 2 heterocycles. The van der Waals surface area contributed by atoms with Crippen molar-refractivity contribution in [3.05, 3.63) is 101 Å². The first-order valence-corrected chi connectivity index (χ1v) is 14.4. The topological polar surface area (TPSA) is 72.3 Å². The predicted octanol–water partition coefficient (Wildman–Crippen LogP) is 7.76. The van der Waals surface area contributed by atoms with Gasteiger partial charge in [0.1, 0.15) is 18.2 Å². The summed E-state index contributed by atoms with van der Waals surface area (Å²) in [7, 11) is 0. The lowest BCUT2D eigenvalue weighted by atomic mass is 10.0. The van der Waals surface area contributed by atoms with Gasteiger partial charge in [0.25, 0.3) is 0 Å². The molecule has 0 saturated heterocycles. The zero-order valence-corrected chi connectivity index (χ0v) is 24.4. The number of hydrogen-bond acceptors (Lipinski definition) is 6. The number of aromatic nitrogens is 3. The molecule has 1 aliphatic heterocycles. The number of aryl methyl sites for hydroxylation is 2. The molecule has 0 fully saturated rings. The van der Waals surface area contributed by atoms with Gasteiger partial charge in [0.15, 0.2) is 11.3 Å². The second-order valence-corrected chi connectivity index (χ2v) is 11.1. The Balaban J connectivity index is 1.16. The summed E-state index contributed by atoms with van der Waals surface area (Å²) in [5, 5.41) is 9.41. The van der Waals surface area contributed by atoms with Crippen molar-refractivity contribution < 1.29 is 27.1 Å². The lowest BCUT2D eigenvalue weighted by molar-refractivity contribution is -0.274. The first kappa shape index (κ1) is 30.1. The van der Waals surface area contributed by atoms with Gasteiger partial charge in [-0.2, -0.15) is 0 Å². The zero-order chi connectivity index (χ0) is 30.7. The van der Waals surface area contributed by atoms with Crippen LogP contribution in [0, 0.1) is 13.8 Å². The van der Waals surface area contributed by atoms with Crippen molar-refractivity contribution in [1.29, 1.82) is 0 Å². The SMILES string of the molecule is CC1=CSC(NC(=O)CCC(F)c2ccc(-c3ncn(-c4ccc(OC(F)(F)F)cc4)n3)cc2)N1c1c(C)cccc1C. The first-order chi connectivity index (χ1) is 20.5. The number of benzene rings is 3. The number of hydrogen-bond donors (Lipinski definition) is 1. The third-order valence-corrected chi connectivity index (χ3v) is 7.99. The van der Waals surface area contributed by atoms with Crippen molar-refractivity contribution in [2.45, 2.75) is 51.6 Å². The van der Waals surface area contributed by atoms with E-state index in [0.717, 1.165) is 22.5 Å². The van der Waals surface area contributed by atoms with Gasteiger partial charge in [-0.15, -0.1) is 18.3 Å². The maximum absolute atomic E-state index is 15.1. The molecule has 0 spiro atoms. The summed E-state index contributed by atoms with van der Waals surface area (Å²) in [6.45, 7) is 6.08. The molecule has 3 aromatic carbocycles. The van der Waals surface area contributed by atoms with Gasteiger partial charge in [-0.1, -0.05) is 54.2 Å². The molecule has 2 atom stereocenters. The van der Waals surface area contributed by atoms with E-state index in [0.29, 0.717) is 22.6 Å². The number of para-hydroxylation sites is 1. The molecule has 2 unspecified atom stereocenters. The van der Waals surface area contributed by atoms with Crippen LogP contribution < -0.4 is 15.0 Å². The fourth-order valence-corrected chi connectivity index (χ4v) is 5.87. The van der Waals surface area contributed by atoms with Gasteiger partial charge in [-0.3, -0.25) is 4.79 Å². The number of rotatable bonds is 9. The van der Waals surface area contributed by atoms with E-state index in [1.54, 1.807) is 24.3 Å². The number of carbonyl (C=O) groups excluding carboxylic acids is 1. The largest absolute Gasteiger partial charge is 0.573 e. The number of nitrogens with zero attached hydrogens (tertiary/aromatic N) is 4. The number of alkyl halides is 4. The van der Waals surface area contributed by atoms with Crippen LogP contribution in [-0.2, 0) is 4.79 Å². The number of nitrogens with one attached hydrogen (secondary N) is 1. The Bertz CT molecular complexity index is 1600. The van der Waals surface area contributed by atoms with Crippen molar-refractivity contribution in [2.24, 2.45) is 0 Å². The third kappa shape index (κ3) is 7.19. The maximum atomic E-state index is 15.1. The number of carbonyl (C=O) groups is 1. The molecule has 1 N–H and O–H groups in total. The van der Waals surface area contributed by atoms with E-state index >= 15 is 4.39 Å². The van der Waals surface area contributed by atoms with E-state index in [-0.39, 0.29) is 30.0 Å². The average molecular weight is 612 g/mol. The van der Waals surface area contributed by atoms with Crippen LogP contribution >= 0.6 is 11.8 Å². The number of allylic oxidation sites excluding steroid dienone is 1. The zero-order valence-electron chi connectivity index (χ0n) is 23.6. The van der Waals surface area contributed by atoms with E-state index in [2.05, 4.69) is 25.0 Å². The van der Waals surface area contributed by atoms with Crippen LogP contribution in [0.5, 0.6) is 5.75 Å². The van der Waals surface area contributed by atoms with E-state index < -0.39 is 12.5 Å². The first-order valence-electron chi connectivity index (χ1n) is 13.5. The Morgan fingerprint density at radius 1 is 1.02 bits per heavy atom. The van der Waals surface area contributed by atoms with E-state index in [1.165, 1.54) is 47.0 Å². The lowest BCUT2D eigenvalue weighted by Crippen LogP contribution is -2.43. The van der Waals surface area contributed by atoms with Gasteiger partial charge in [0.05, 0.1) is 5.69 Å². The highest BCUT2D eigenvalue weighted by Gasteiger charge is 2.31. The fourth-order valence-electron chi connectivity index (χ4n) is 4.84. The molecule has 12 heteroatoms. The number of amides is 1. The minimum absolute atomic E-state index is 0.0262. The summed E-state index contributed by atoms with van der Waals surface area (Å²) in [6, 6.07) is 17.9. The molecule has 0 bridgehead atoms. The van der Waals surface area contributed by atoms with Crippen LogP contribution in [0.2, 0.25) is 0 Å². The third-order valence-electron chi connectivity index (χ3n) is 6.93. The summed E-state index contributed by atoms with van der Waals surface area (Å²) in [4.78, 5) is 19.2. The van der Waals surface area contributed by atoms with Crippen molar-refractivity contribution in [1.82, 2.24) is 20.1 Å². The van der Waals surface area contributed by atoms with Crippen LogP contribution in [0.4, 0.5) is 23.2 Å². The number of halogens is 4. The summed E-state index contributed by atoms with van der Waals surface area (Å²) in [6.07, 6.45) is -4.63. The Morgan fingerprint density at radius 2 is 1.70 bits per heavy atom. The van der Waals surface area contributed by atoms with Gasteiger partial charge >= 0.3 is 6.36 Å². The highest BCUT2D eigenvalue weighted by atomic mass is 32.2. The second-order valence-electron chi connectivity index (χ2n) is 10.1. The molecule has 5 rings (SSSR count). The molecule has 4 aromatic rings. The molecule has 1 aliphatic rings. The monoisotopic (exact) mass is 611 g/mol. The highest BCUT2D eigenvalue weighted by molar-refractivity contribution is 8.03. The highest BCUT2D eigenvalue weighted by Crippen LogP contribution is 2.38. The second kappa shape index (κ2) is 12.5. The smallest absolute Gasteiger partial charge is 0.406 e. The van der Waals surface area contributed by atoms with E-state index in [1.807, 2.05) is 44.4 Å². The summed E-state index contributed by atoms with van der Waals surface area (Å²) >= 11 is 1.51. The van der Waals surface area contributed by atoms with Crippen LogP contribution in [-0.4, -0.2) is 32.5 Å². The molecule has 43 heavy (non-hydrogen) atoms. The normalized spacial score (nSPS) is 15.7. The molecule has 1 aromatic heterocycles. The van der Waals surface area contributed by atoms with Crippen LogP contribution in [0.15, 0.2) is 84.2 Å². The summed E-state index contributed by atoms with van der Waals surface area (Å²) < 4.78 is 57.6. The molecule has 0 saturated carbocycles. The minimum atomic E-state index is -4.77. The molecule has 0 aliphatic carbocycles. The summed E-state index contributed by atoms with van der Waals surface area (Å²) in [5.74, 6) is -0.207. The van der Waals surface area contributed by atoms with Crippen molar-refractivity contribution in [2.75, 3.05) is 4.90 Å². The van der Waals surface area contributed by atoms with Crippen LogP contribution in [0.3, 0.4) is 0 Å². The predicted molar refractivity (Wildman–Crippen MR) is 158 cm³/mol. The molecule has 0 radical (unpaired) electrons. The minimum Gasteiger partial charge on any atom is -0.406 e. The Labute approximate surface area is 250 Å². The van der Waals surface area contributed by atoms with Crippen LogP contribution in [0.25, 0.3) is 17.1 Å². The molecular weight excluding hydrogens is 582 g/mol. The molecule has 224 valence electrons. The standard InChI is InChI=1S/C31H29F4N5O2S/c1-19-5-4-6-20(2)28(19)40-21(3)17-43-30(40)37-27(41)16-15-26(32)22-7-9-23(10-8-22)29-36-18-39(38-29)24-11-13-25(14-12-24)42-31(33,34)35/h4-14,17-18,26,30H,15-16H2,1-3H3,(H,37,41). The Morgan fingerprint density at radius 3 is 2.35 bits per heavy atom. The van der Waals surface area contributed by atoms with Gasteiger partial charge in [-0.05, 0) is 73.6 Å². The lowest BCUT2D eigenvalue weighted by Gasteiger charge is -2.31. The Kier molecular flexibility index (Phi) is 8.77. The van der Waals surface area contributed by atoms with Crippen LogP contribution in [0.1, 0.15) is 42.6 Å². The maximum Gasteiger partial charge on any atom is 0.573 e. The summed E-state index contributed by atoms with van der Waals surface area (Å²) in [5.41, 5.74) is 5.56. The molecular formula is C31H29F4N5O2S. The number of thioether (sulfide) groups is 1. The average Bonchev–Trinajstić information content (AvgIpc) is 3.59. The van der Waals surface area contributed by atoms with E-state index in [9.17, 15) is 18.0 Å². The van der Waals surface area contributed by atoms with Gasteiger partial charge in [0.2, 0.25) is 5.91 Å². The Hall–Kier alpha value is -4.32. The molecule has 1 amide bonds. The van der Waals surface area contributed by atoms with Crippen molar-refractivity contribution >= 4 is 23.4 Å². The quantitative estimate of drug-likeness (QED) is 0.195. The molecule has 7 nitrogen and oxygen atoms in total. The van der Waals surface area contributed by atoms with Gasteiger partial charge in [-0.25, -0.2) is 14.1 Å².